The molecule has 20 heavy (non-hydrogen) atoms. The third-order valence-electron chi connectivity index (χ3n) is 4.33. The van der Waals surface area contributed by atoms with Gasteiger partial charge in [0.1, 0.15) is 5.75 Å². The largest absolute Gasteiger partial charge is 0.494 e. The van der Waals surface area contributed by atoms with Gasteiger partial charge in [-0.1, -0.05) is 45.2 Å². The van der Waals surface area contributed by atoms with Gasteiger partial charge in [0.25, 0.3) is 0 Å². The Bertz CT molecular complexity index is 387. The summed E-state index contributed by atoms with van der Waals surface area (Å²) >= 11 is 0. The van der Waals surface area contributed by atoms with E-state index in [9.17, 15) is 0 Å². The third-order valence-corrected chi connectivity index (χ3v) is 4.33. The summed E-state index contributed by atoms with van der Waals surface area (Å²) in [5.74, 6) is 1.95. The number of hydrogen-bond acceptors (Lipinski definition) is 2. The van der Waals surface area contributed by atoms with Crippen molar-refractivity contribution in [1.82, 2.24) is 5.32 Å². The maximum absolute atomic E-state index is 5.92. The van der Waals surface area contributed by atoms with Gasteiger partial charge in [0, 0.05) is 6.04 Å². The van der Waals surface area contributed by atoms with Crippen LogP contribution in [0.15, 0.2) is 24.3 Å². The fourth-order valence-electron chi connectivity index (χ4n) is 2.76. The van der Waals surface area contributed by atoms with Crippen LogP contribution in [0.25, 0.3) is 0 Å². The van der Waals surface area contributed by atoms with Crippen LogP contribution in [0.1, 0.15) is 64.0 Å². The highest BCUT2D eigenvalue weighted by Crippen LogP contribution is 2.29. The summed E-state index contributed by atoms with van der Waals surface area (Å²) in [4.78, 5) is 0. The second-order valence-corrected chi connectivity index (χ2v) is 5.92. The third kappa shape index (κ3) is 4.52. The Hall–Kier alpha value is -1.02. The molecule has 1 aliphatic carbocycles. The monoisotopic (exact) mass is 275 g/mol. The molecule has 1 aromatic rings. The van der Waals surface area contributed by atoms with Crippen molar-refractivity contribution in [2.45, 2.75) is 58.4 Å². The van der Waals surface area contributed by atoms with E-state index in [1.54, 1.807) is 0 Å². The SMILES string of the molecule is CCCNC(CC)c1cccc(OCCC2CCC2)c1. The number of benzene rings is 1. The molecular weight excluding hydrogens is 246 g/mol. The Balaban J connectivity index is 1.84. The normalized spacial score (nSPS) is 16.7. The summed E-state index contributed by atoms with van der Waals surface area (Å²) < 4.78 is 5.92. The highest BCUT2D eigenvalue weighted by Gasteiger charge is 2.17. The quantitative estimate of drug-likeness (QED) is 0.705. The second kappa shape index (κ2) is 8.31. The van der Waals surface area contributed by atoms with Crippen molar-refractivity contribution in [1.29, 1.82) is 0 Å². The molecule has 2 heteroatoms. The van der Waals surface area contributed by atoms with Crippen LogP contribution in [0.4, 0.5) is 0 Å². The van der Waals surface area contributed by atoms with Crippen LogP contribution in [0.3, 0.4) is 0 Å². The van der Waals surface area contributed by atoms with E-state index in [1.807, 2.05) is 0 Å². The predicted octanol–water partition coefficient (Wildman–Crippen LogP) is 4.71. The van der Waals surface area contributed by atoms with Gasteiger partial charge in [0.2, 0.25) is 0 Å². The molecule has 1 N–H and O–H groups in total. The fraction of sp³-hybridized carbons (Fsp3) is 0.667. The van der Waals surface area contributed by atoms with Crippen molar-refractivity contribution in [2.75, 3.05) is 13.2 Å². The average Bonchev–Trinajstić information content (AvgIpc) is 2.43. The summed E-state index contributed by atoms with van der Waals surface area (Å²) in [6.07, 6.45) is 7.74. The molecule has 1 saturated carbocycles. The molecule has 1 aromatic carbocycles. The fourth-order valence-corrected chi connectivity index (χ4v) is 2.76. The first kappa shape index (κ1) is 15.4. The molecule has 1 unspecified atom stereocenters. The van der Waals surface area contributed by atoms with E-state index < -0.39 is 0 Å². The van der Waals surface area contributed by atoms with Gasteiger partial charge in [-0.3, -0.25) is 0 Å². The van der Waals surface area contributed by atoms with Gasteiger partial charge < -0.3 is 10.1 Å². The Morgan fingerprint density at radius 2 is 2.15 bits per heavy atom. The van der Waals surface area contributed by atoms with E-state index in [2.05, 4.69) is 43.4 Å². The molecule has 1 fully saturated rings. The molecule has 2 nitrogen and oxygen atoms in total. The van der Waals surface area contributed by atoms with Gasteiger partial charge in [0.05, 0.1) is 6.61 Å². The maximum atomic E-state index is 5.92. The van der Waals surface area contributed by atoms with Crippen LogP contribution < -0.4 is 10.1 Å². The van der Waals surface area contributed by atoms with Crippen molar-refractivity contribution in [3.63, 3.8) is 0 Å². The molecule has 0 heterocycles. The maximum Gasteiger partial charge on any atom is 0.119 e. The van der Waals surface area contributed by atoms with Gasteiger partial charge in [-0.2, -0.15) is 0 Å². The minimum Gasteiger partial charge on any atom is -0.494 e. The second-order valence-electron chi connectivity index (χ2n) is 5.92. The lowest BCUT2D eigenvalue weighted by Gasteiger charge is -2.25. The van der Waals surface area contributed by atoms with Crippen molar-refractivity contribution in [2.24, 2.45) is 5.92 Å². The van der Waals surface area contributed by atoms with Gasteiger partial charge in [-0.05, 0) is 49.4 Å². The summed E-state index contributed by atoms with van der Waals surface area (Å²) in [7, 11) is 0. The van der Waals surface area contributed by atoms with Gasteiger partial charge in [-0.15, -0.1) is 0 Å². The van der Waals surface area contributed by atoms with E-state index in [-0.39, 0.29) is 0 Å². The molecule has 0 saturated heterocycles. The molecule has 0 aliphatic heterocycles. The van der Waals surface area contributed by atoms with Crippen LogP contribution in [-0.2, 0) is 0 Å². The van der Waals surface area contributed by atoms with Crippen molar-refractivity contribution < 1.29 is 4.74 Å². The van der Waals surface area contributed by atoms with Crippen LogP contribution in [0.2, 0.25) is 0 Å². The van der Waals surface area contributed by atoms with Gasteiger partial charge >= 0.3 is 0 Å². The first-order chi connectivity index (χ1) is 9.83. The molecule has 112 valence electrons. The smallest absolute Gasteiger partial charge is 0.119 e. The molecule has 1 atom stereocenters. The molecule has 1 aliphatic rings. The summed E-state index contributed by atoms with van der Waals surface area (Å²) in [5, 5.41) is 3.60. The molecule has 0 amide bonds. The highest BCUT2D eigenvalue weighted by molar-refractivity contribution is 5.30. The van der Waals surface area contributed by atoms with Crippen LogP contribution in [0.5, 0.6) is 5.75 Å². The van der Waals surface area contributed by atoms with E-state index in [0.29, 0.717) is 6.04 Å². The molecule has 0 bridgehead atoms. The zero-order valence-electron chi connectivity index (χ0n) is 13.0. The van der Waals surface area contributed by atoms with E-state index >= 15 is 0 Å². The molecule has 0 radical (unpaired) electrons. The number of nitrogens with one attached hydrogen (secondary N) is 1. The van der Waals surface area contributed by atoms with Gasteiger partial charge in [0.15, 0.2) is 0 Å². The lowest BCUT2D eigenvalue weighted by molar-refractivity contribution is 0.222. The van der Waals surface area contributed by atoms with Gasteiger partial charge in [-0.25, -0.2) is 0 Å². The van der Waals surface area contributed by atoms with Crippen LogP contribution >= 0.6 is 0 Å². The Morgan fingerprint density at radius 1 is 1.30 bits per heavy atom. The van der Waals surface area contributed by atoms with E-state index in [1.165, 1.54) is 37.7 Å². The molecule has 0 aromatic heterocycles. The van der Waals surface area contributed by atoms with Crippen molar-refractivity contribution in [3.05, 3.63) is 29.8 Å². The standard InChI is InChI=1S/C18H29NO/c1-3-12-19-18(4-2)16-9-6-10-17(14-16)20-13-11-15-7-5-8-15/h6,9-10,14-15,18-19H,3-5,7-8,11-13H2,1-2H3. The predicted molar refractivity (Wildman–Crippen MR) is 85.2 cm³/mol. The zero-order valence-corrected chi connectivity index (χ0v) is 13.0. The lowest BCUT2D eigenvalue weighted by atomic mass is 9.83. The van der Waals surface area contributed by atoms with E-state index in [0.717, 1.165) is 31.2 Å². The van der Waals surface area contributed by atoms with E-state index in [4.69, 9.17) is 4.74 Å². The minimum absolute atomic E-state index is 0.449. The Labute approximate surface area is 123 Å². The Kier molecular flexibility index (Phi) is 6.38. The summed E-state index contributed by atoms with van der Waals surface area (Å²) in [5.41, 5.74) is 1.35. The summed E-state index contributed by atoms with van der Waals surface area (Å²) in [6.45, 7) is 6.38. The molecule has 0 spiro atoms. The molecule has 2 rings (SSSR count). The highest BCUT2D eigenvalue weighted by atomic mass is 16.5. The lowest BCUT2D eigenvalue weighted by Crippen LogP contribution is -2.21. The topological polar surface area (TPSA) is 21.3 Å². The van der Waals surface area contributed by atoms with Crippen LogP contribution in [-0.4, -0.2) is 13.2 Å². The Morgan fingerprint density at radius 3 is 2.80 bits per heavy atom. The molecular formula is C18H29NO. The number of ether oxygens (including phenoxy) is 1. The average molecular weight is 275 g/mol. The first-order valence-electron chi connectivity index (χ1n) is 8.29. The summed E-state index contributed by atoms with van der Waals surface area (Å²) in [6, 6.07) is 9.05. The van der Waals surface area contributed by atoms with Crippen molar-refractivity contribution >= 4 is 0 Å². The number of rotatable bonds is 9. The van der Waals surface area contributed by atoms with Crippen molar-refractivity contribution in [3.8, 4) is 5.75 Å². The first-order valence-corrected chi connectivity index (χ1v) is 8.29. The minimum atomic E-state index is 0.449. The number of hydrogen-bond donors (Lipinski definition) is 1. The van der Waals surface area contributed by atoms with Crippen LogP contribution in [0, 0.1) is 5.92 Å². The zero-order chi connectivity index (χ0) is 14.2.